The van der Waals surface area contributed by atoms with E-state index in [4.69, 9.17) is 0 Å². The predicted octanol–water partition coefficient (Wildman–Crippen LogP) is 3.99. The molecule has 1 unspecified atom stereocenters. The molecule has 0 aliphatic rings. The third-order valence-electron chi connectivity index (χ3n) is 4.30. The second kappa shape index (κ2) is 13.5. The van der Waals surface area contributed by atoms with Crippen molar-refractivity contribution in [1.29, 1.82) is 0 Å². The van der Waals surface area contributed by atoms with Crippen molar-refractivity contribution < 1.29 is 9.59 Å². The van der Waals surface area contributed by atoms with Gasteiger partial charge in [-0.15, -0.1) is 0 Å². The Labute approximate surface area is 152 Å². The summed E-state index contributed by atoms with van der Waals surface area (Å²) in [5, 5.41) is 5.87. The Balaban J connectivity index is 2.06. The third kappa shape index (κ3) is 11.4. The smallest absolute Gasteiger partial charge is 0.220 e. The minimum Gasteiger partial charge on any atom is -0.356 e. The number of hydrogen-bond donors (Lipinski definition) is 2. The molecular formula is C21H34N2O2. The van der Waals surface area contributed by atoms with Gasteiger partial charge in [-0.25, -0.2) is 0 Å². The van der Waals surface area contributed by atoms with Crippen LogP contribution in [0.2, 0.25) is 0 Å². The van der Waals surface area contributed by atoms with Crippen LogP contribution in [0.15, 0.2) is 30.3 Å². The standard InChI is InChI=1S/C21H34N2O2/c1-3-4-5-6-10-17-22-20(24)15-16-21(25)23-18(2)13-14-19-11-8-7-9-12-19/h7-9,11-12,18H,3-6,10,13-17H2,1-2H3,(H,22,24)(H,23,25). The molecule has 140 valence electrons. The van der Waals surface area contributed by atoms with Crippen LogP contribution in [0.1, 0.15) is 70.8 Å². The Morgan fingerprint density at radius 1 is 0.960 bits per heavy atom. The first-order chi connectivity index (χ1) is 12.1. The van der Waals surface area contributed by atoms with Gasteiger partial charge in [-0.05, 0) is 31.7 Å². The van der Waals surface area contributed by atoms with Gasteiger partial charge in [0.25, 0.3) is 0 Å². The summed E-state index contributed by atoms with van der Waals surface area (Å²) < 4.78 is 0. The van der Waals surface area contributed by atoms with Gasteiger partial charge in [-0.2, -0.15) is 0 Å². The number of aryl methyl sites for hydroxylation is 1. The molecule has 4 heteroatoms. The molecule has 0 aliphatic heterocycles. The highest BCUT2D eigenvalue weighted by Gasteiger charge is 2.10. The highest BCUT2D eigenvalue weighted by Crippen LogP contribution is 2.05. The number of carbonyl (C=O) groups is 2. The molecule has 1 aromatic rings. The molecule has 0 saturated heterocycles. The van der Waals surface area contributed by atoms with E-state index in [1.54, 1.807) is 0 Å². The Morgan fingerprint density at radius 2 is 1.64 bits per heavy atom. The molecule has 1 rings (SSSR count). The topological polar surface area (TPSA) is 58.2 Å². The first kappa shape index (κ1) is 21.2. The lowest BCUT2D eigenvalue weighted by Crippen LogP contribution is -2.34. The van der Waals surface area contributed by atoms with Crippen LogP contribution in [0.25, 0.3) is 0 Å². The maximum atomic E-state index is 11.9. The average Bonchev–Trinajstić information content (AvgIpc) is 2.62. The minimum atomic E-state index is -0.0429. The fourth-order valence-corrected chi connectivity index (χ4v) is 2.72. The van der Waals surface area contributed by atoms with E-state index in [9.17, 15) is 9.59 Å². The summed E-state index contributed by atoms with van der Waals surface area (Å²) in [6, 6.07) is 10.4. The summed E-state index contributed by atoms with van der Waals surface area (Å²) in [4.78, 5) is 23.7. The Kier molecular flexibility index (Phi) is 11.4. The molecular weight excluding hydrogens is 312 g/mol. The van der Waals surface area contributed by atoms with Gasteiger partial charge in [0.1, 0.15) is 0 Å². The zero-order chi connectivity index (χ0) is 18.3. The Morgan fingerprint density at radius 3 is 2.36 bits per heavy atom. The number of rotatable bonds is 13. The van der Waals surface area contributed by atoms with Crippen LogP contribution in [0.4, 0.5) is 0 Å². The quantitative estimate of drug-likeness (QED) is 0.531. The summed E-state index contributed by atoms with van der Waals surface area (Å²) in [6.45, 7) is 4.92. The third-order valence-corrected chi connectivity index (χ3v) is 4.30. The molecule has 0 radical (unpaired) electrons. The number of amides is 2. The molecule has 0 aromatic heterocycles. The summed E-state index contributed by atoms with van der Waals surface area (Å²) >= 11 is 0. The van der Waals surface area contributed by atoms with Gasteiger partial charge in [0.05, 0.1) is 0 Å². The van der Waals surface area contributed by atoms with Crippen LogP contribution < -0.4 is 10.6 Å². The largest absolute Gasteiger partial charge is 0.356 e. The highest BCUT2D eigenvalue weighted by molar-refractivity contribution is 5.83. The Bertz CT molecular complexity index is 488. The lowest BCUT2D eigenvalue weighted by atomic mass is 10.1. The SMILES string of the molecule is CCCCCCCNC(=O)CCC(=O)NC(C)CCc1ccccc1. The molecule has 2 N–H and O–H groups in total. The lowest BCUT2D eigenvalue weighted by Gasteiger charge is -2.14. The van der Waals surface area contributed by atoms with E-state index in [0.717, 1.165) is 32.2 Å². The second-order valence-corrected chi connectivity index (χ2v) is 6.76. The summed E-state index contributed by atoms with van der Waals surface area (Å²) in [5.74, 6) is -0.0683. The molecule has 2 amide bonds. The van der Waals surface area contributed by atoms with Crippen molar-refractivity contribution >= 4 is 11.8 Å². The summed E-state index contributed by atoms with van der Waals surface area (Å²) in [5.41, 5.74) is 1.28. The van der Waals surface area contributed by atoms with Crippen LogP contribution in [-0.2, 0) is 16.0 Å². The van der Waals surface area contributed by atoms with E-state index in [-0.39, 0.29) is 30.7 Å². The van der Waals surface area contributed by atoms with Gasteiger partial charge < -0.3 is 10.6 Å². The molecule has 0 aliphatic carbocycles. The second-order valence-electron chi connectivity index (χ2n) is 6.76. The average molecular weight is 347 g/mol. The van der Waals surface area contributed by atoms with Crippen molar-refractivity contribution in [2.24, 2.45) is 0 Å². The maximum Gasteiger partial charge on any atom is 0.220 e. The molecule has 0 fully saturated rings. The number of hydrogen-bond acceptors (Lipinski definition) is 2. The van der Waals surface area contributed by atoms with Crippen LogP contribution >= 0.6 is 0 Å². The van der Waals surface area contributed by atoms with Crippen molar-refractivity contribution in [1.82, 2.24) is 10.6 Å². The first-order valence-corrected chi connectivity index (χ1v) is 9.71. The lowest BCUT2D eigenvalue weighted by molar-refractivity contribution is -0.126. The van der Waals surface area contributed by atoms with Crippen molar-refractivity contribution in [2.45, 2.75) is 77.7 Å². The molecule has 1 aromatic carbocycles. The first-order valence-electron chi connectivity index (χ1n) is 9.71. The number of nitrogens with one attached hydrogen (secondary N) is 2. The van der Waals surface area contributed by atoms with Gasteiger partial charge in [-0.3, -0.25) is 9.59 Å². The highest BCUT2D eigenvalue weighted by atomic mass is 16.2. The van der Waals surface area contributed by atoms with Crippen molar-refractivity contribution in [2.75, 3.05) is 6.54 Å². The van der Waals surface area contributed by atoms with E-state index in [1.807, 2.05) is 25.1 Å². The summed E-state index contributed by atoms with van der Waals surface area (Å²) in [6.07, 6.45) is 8.28. The van der Waals surface area contributed by atoms with Gasteiger partial charge >= 0.3 is 0 Å². The normalized spacial score (nSPS) is 11.8. The van der Waals surface area contributed by atoms with E-state index in [1.165, 1.54) is 24.8 Å². The van der Waals surface area contributed by atoms with Crippen LogP contribution in [-0.4, -0.2) is 24.4 Å². The van der Waals surface area contributed by atoms with Crippen LogP contribution in [0, 0.1) is 0 Å². The number of unbranched alkanes of at least 4 members (excludes halogenated alkanes) is 4. The molecule has 0 bridgehead atoms. The van der Waals surface area contributed by atoms with Crippen LogP contribution in [0.3, 0.4) is 0 Å². The molecule has 1 atom stereocenters. The van der Waals surface area contributed by atoms with E-state index in [2.05, 4.69) is 29.7 Å². The van der Waals surface area contributed by atoms with Gasteiger partial charge in [0.2, 0.25) is 11.8 Å². The van der Waals surface area contributed by atoms with Gasteiger partial charge in [0, 0.05) is 25.4 Å². The van der Waals surface area contributed by atoms with Crippen LogP contribution in [0.5, 0.6) is 0 Å². The van der Waals surface area contributed by atoms with Gasteiger partial charge in [0.15, 0.2) is 0 Å². The monoisotopic (exact) mass is 346 g/mol. The molecule has 0 heterocycles. The fourth-order valence-electron chi connectivity index (χ4n) is 2.72. The van der Waals surface area contributed by atoms with Crippen molar-refractivity contribution in [3.8, 4) is 0 Å². The zero-order valence-corrected chi connectivity index (χ0v) is 15.9. The molecule has 0 saturated carbocycles. The number of carbonyl (C=O) groups excluding carboxylic acids is 2. The molecule has 0 spiro atoms. The summed E-state index contributed by atoms with van der Waals surface area (Å²) in [7, 11) is 0. The fraction of sp³-hybridized carbons (Fsp3) is 0.619. The zero-order valence-electron chi connectivity index (χ0n) is 15.9. The maximum absolute atomic E-state index is 11.9. The molecule has 4 nitrogen and oxygen atoms in total. The van der Waals surface area contributed by atoms with E-state index >= 15 is 0 Å². The van der Waals surface area contributed by atoms with Crippen molar-refractivity contribution in [3.05, 3.63) is 35.9 Å². The van der Waals surface area contributed by atoms with Crippen molar-refractivity contribution in [3.63, 3.8) is 0 Å². The van der Waals surface area contributed by atoms with E-state index < -0.39 is 0 Å². The minimum absolute atomic E-state index is 0.0254. The number of benzene rings is 1. The predicted molar refractivity (Wildman–Crippen MR) is 103 cm³/mol. The molecule has 25 heavy (non-hydrogen) atoms. The van der Waals surface area contributed by atoms with E-state index in [0.29, 0.717) is 0 Å². The van der Waals surface area contributed by atoms with Gasteiger partial charge in [-0.1, -0.05) is 62.9 Å². The Hall–Kier alpha value is -1.84.